The minimum atomic E-state index is 0.416. The fraction of sp³-hybridized carbons (Fsp3) is 0.667. The van der Waals surface area contributed by atoms with Gasteiger partial charge in [0.15, 0.2) is 4.73 Å². The standard InChI is InChI=1S/C6H8BrN3O/c7-6-9-8-4-10(6)5-1-2-11-3-5/h4-5H,1-3H2. The molecule has 0 amide bonds. The Morgan fingerprint density at radius 3 is 3.18 bits per heavy atom. The molecule has 1 aromatic heterocycles. The molecule has 1 aliphatic rings. The van der Waals surface area contributed by atoms with Crippen molar-refractivity contribution in [3.05, 3.63) is 11.1 Å². The third-order valence-electron chi connectivity index (χ3n) is 1.83. The molecule has 0 aliphatic carbocycles. The summed E-state index contributed by atoms with van der Waals surface area (Å²) in [5.41, 5.74) is 0. The van der Waals surface area contributed by atoms with Gasteiger partial charge in [0.25, 0.3) is 0 Å². The number of ether oxygens (including phenoxy) is 1. The number of rotatable bonds is 1. The Labute approximate surface area is 72.7 Å². The van der Waals surface area contributed by atoms with E-state index in [1.54, 1.807) is 6.33 Å². The Kier molecular flexibility index (Phi) is 1.91. The molecule has 60 valence electrons. The van der Waals surface area contributed by atoms with E-state index in [1.165, 1.54) is 0 Å². The van der Waals surface area contributed by atoms with Gasteiger partial charge in [0.2, 0.25) is 0 Å². The molecule has 11 heavy (non-hydrogen) atoms. The van der Waals surface area contributed by atoms with Gasteiger partial charge in [0.05, 0.1) is 12.6 Å². The molecule has 0 bridgehead atoms. The molecule has 0 N–H and O–H groups in total. The number of hydrogen-bond donors (Lipinski definition) is 0. The zero-order valence-corrected chi connectivity index (χ0v) is 7.49. The number of hydrogen-bond acceptors (Lipinski definition) is 3. The molecule has 1 aromatic rings. The molecule has 0 spiro atoms. The van der Waals surface area contributed by atoms with Crippen molar-refractivity contribution >= 4 is 15.9 Å². The summed E-state index contributed by atoms with van der Waals surface area (Å²) in [5, 5.41) is 7.61. The Morgan fingerprint density at radius 2 is 2.64 bits per heavy atom. The Bertz CT molecular complexity index is 244. The van der Waals surface area contributed by atoms with Gasteiger partial charge in [-0.15, -0.1) is 10.2 Å². The first-order valence-electron chi connectivity index (χ1n) is 3.50. The van der Waals surface area contributed by atoms with Crippen LogP contribution in [0.5, 0.6) is 0 Å². The van der Waals surface area contributed by atoms with Crippen molar-refractivity contribution in [3.8, 4) is 0 Å². The van der Waals surface area contributed by atoms with Crippen molar-refractivity contribution < 1.29 is 4.74 Å². The maximum absolute atomic E-state index is 5.24. The monoisotopic (exact) mass is 217 g/mol. The molecule has 1 fully saturated rings. The molecular weight excluding hydrogens is 210 g/mol. The van der Waals surface area contributed by atoms with Crippen molar-refractivity contribution in [1.82, 2.24) is 14.8 Å². The predicted octanol–water partition coefficient (Wildman–Crippen LogP) is 1.00. The van der Waals surface area contributed by atoms with E-state index in [9.17, 15) is 0 Å². The second-order valence-corrected chi connectivity index (χ2v) is 3.23. The normalized spacial score (nSPS) is 24.3. The molecule has 1 unspecified atom stereocenters. The van der Waals surface area contributed by atoms with Crippen LogP contribution in [0.1, 0.15) is 12.5 Å². The first kappa shape index (κ1) is 7.24. The second kappa shape index (κ2) is 2.91. The van der Waals surface area contributed by atoms with Gasteiger partial charge in [-0.2, -0.15) is 0 Å². The molecule has 1 aliphatic heterocycles. The number of aromatic nitrogens is 3. The molecule has 5 heteroatoms. The first-order chi connectivity index (χ1) is 5.38. The van der Waals surface area contributed by atoms with Crippen LogP contribution in [-0.4, -0.2) is 28.0 Å². The van der Waals surface area contributed by atoms with Crippen molar-refractivity contribution in [1.29, 1.82) is 0 Å². The average molecular weight is 218 g/mol. The van der Waals surface area contributed by atoms with Crippen molar-refractivity contribution in [2.45, 2.75) is 12.5 Å². The molecule has 2 rings (SSSR count). The highest BCUT2D eigenvalue weighted by Crippen LogP contribution is 2.21. The largest absolute Gasteiger partial charge is 0.379 e. The molecule has 0 radical (unpaired) electrons. The summed E-state index contributed by atoms with van der Waals surface area (Å²) in [7, 11) is 0. The summed E-state index contributed by atoms with van der Waals surface area (Å²) >= 11 is 3.31. The number of halogens is 1. The summed E-state index contributed by atoms with van der Waals surface area (Å²) in [6, 6.07) is 0.416. The minimum absolute atomic E-state index is 0.416. The van der Waals surface area contributed by atoms with Crippen LogP contribution in [0.15, 0.2) is 11.1 Å². The van der Waals surface area contributed by atoms with E-state index in [0.717, 1.165) is 24.4 Å². The van der Waals surface area contributed by atoms with Crippen molar-refractivity contribution in [2.75, 3.05) is 13.2 Å². The lowest BCUT2D eigenvalue weighted by Crippen LogP contribution is -2.07. The summed E-state index contributed by atoms with van der Waals surface area (Å²) in [5.74, 6) is 0. The van der Waals surface area contributed by atoms with Gasteiger partial charge < -0.3 is 9.30 Å². The highest BCUT2D eigenvalue weighted by atomic mass is 79.9. The summed E-state index contributed by atoms with van der Waals surface area (Å²) in [6.45, 7) is 1.62. The summed E-state index contributed by atoms with van der Waals surface area (Å²) in [4.78, 5) is 0. The SMILES string of the molecule is Brc1nncn1C1CCOC1. The highest BCUT2D eigenvalue weighted by Gasteiger charge is 2.19. The van der Waals surface area contributed by atoms with Crippen LogP contribution >= 0.6 is 15.9 Å². The van der Waals surface area contributed by atoms with Crippen molar-refractivity contribution in [3.63, 3.8) is 0 Å². The molecule has 0 saturated carbocycles. The molecule has 0 aromatic carbocycles. The number of nitrogens with zero attached hydrogens (tertiary/aromatic N) is 3. The average Bonchev–Trinajstić information content (AvgIpc) is 2.55. The minimum Gasteiger partial charge on any atom is -0.379 e. The van der Waals surface area contributed by atoms with Crippen LogP contribution in [-0.2, 0) is 4.74 Å². The smallest absolute Gasteiger partial charge is 0.200 e. The fourth-order valence-electron chi connectivity index (χ4n) is 1.21. The van der Waals surface area contributed by atoms with Gasteiger partial charge >= 0.3 is 0 Å². The zero-order valence-electron chi connectivity index (χ0n) is 5.90. The lowest BCUT2D eigenvalue weighted by molar-refractivity contribution is 0.186. The third kappa shape index (κ3) is 1.30. The van der Waals surface area contributed by atoms with Crippen LogP contribution in [0.25, 0.3) is 0 Å². The van der Waals surface area contributed by atoms with Crippen LogP contribution in [0.4, 0.5) is 0 Å². The molecule has 4 nitrogen and oxygen atoms in total. The van der Waals surface area contributed by atoms with E-state index in [-0.39, 0.29) is 0 Å². The molecular formula is C6H8BrN3O. The van der Waals surface area contributed by atoms with Gasteiger partial charge in [0, 0.05) is 6.61 Å². The summed E-state index contributed by atoms with van der Waals surface area (Å²) < 4.78 is 8.02. The van der Waals surface area contributed by atoms with E-state index >= 15 is 0 Å². The third-order valence-corrected chi connectivity index (χ3v) is 2.40. The Morgan fingerprint density at radius 1 is 1.73 bits per heavy atom. The van der Waals surface area contributed by atoms with E-state index in [2.05, 4.69) is 26.1 Å². The van der Waals surface area contributed by atoms with E-state index in [0.29, 0.717) is 6.04 Å². The Hall–Kier alpha value is -0.420. The molecule has 1 atom stereocenters. The van der Waals surface area contributed by atoms with Crippen LogP contribution < -0.4 is 0 Å². The van der Waals surface area contributed by atoms with Gasteiger partial charge in [-0.05, 0) is 22.4 Å². The topological polar surface area (TPSA) is 39.9 Å². The van der Waals surface area contributed by atoms with E-state index < -0.39 is 0 Å². The van der Waals surface area contributed by atoms with Gasteiger partial charge in [-0.3, -0.25) is 0 Å². The van der Waals surface area contributed by atoms with Gasteiger partial charge in [-0.1, -0.05) is 0 Å². The van der Waals surface area contributed by atoms with Crippen LogP contribution in [0, 0.1) is 0 Å². The fourth-order valence-corrected chi connectivity index (χ4v) is 1.69. The Balaban J connectivity index is 2.21. The highest BCUT2D eigenvalue weighted by molar-refractivity contribution is 9.10. The van der Waals surface area contributed by atoms with E-state index in [4.69, 9.17) is 4.74 Å². The molecule has 1 saturated heterocycles. The van der Waals surface area contributed by atoms with Crippen LogP contribution in [0.2, 0.25) is 0 Å². The quantitative estimate of drug-likeness (QED) is 0.705. The van der Waals surface area contributed by atoms with Crippen LogP contribution in [0.3, 0.4) is 0 Å². The van der Waals surface area contributed by atoms with Crippen molar-refractivity contribution in [2.24, 2.45) is 0 Å². The maximum Gasteiger partial charge on any atom is 0.200 e. The zero-order chi connectivity index (χ0) is 7.68. The van der Waals surface area contributed by atoms with Gasteiger partial charge in [0.1, 0.15) is 6.33 Å². The summed E-state index contributed by atoms with van der Waals surface area (Å²) in [6.07, 6.45) is 2.78. The lowest BCUT2D eigenvalue weighted by Gasteiger charge is -2.08. The van der Waals surface area contributed by atoms with E-state index in [1.807, 2.05) is 4.57 Å². The lowest BCUT2D eigenvalue weighted by atomic mass is 10.3. The predicted molar refractivity (Wildman–Crippen MR) is 42.2 cm³/mol. The second-order valence-electron chi connectivity index (χ2n) is 2.52. The maximum atomic E-state index is 5.24. The first-order valence-corrected chi connectivity index (χ1v) is 4.30. The molecule has 2 heterocycles. The van der Waals surface area contributed by atoms with Gasteiger partial charge in [-0.25, -0.2) is 0 Å².